The Labute approximate surface area is 104 Å². The highest BCUT2D eigenvalue weighted by atomic mass is 16.3. The quantitative estimate of drug-likeness (QED) is 0.844. The molecule has 1 heterocycles. The zero-order chi connectivity index (χ0) is 12.1. The Bertz CT molecular complexity index is 327. The molecule has 1 atom stereocenters. The fourth-order valence-corrected chi connectivity index (χ4v) is 2.45. The molecule has 0 aromatic heterocycles. The molecule has 1 aliphatic rings. The van der Waals surface area contributed by atoms with E-state index in [9.17, 15) is 0 Å². The molecular weight excluding hydrogens is 210 g/mol. The van der Waals surface area contributed by atoms with Gasteiger partial charge in [0.15, 0.2) is 0 Å². The molecule has 0 unspecified atom stereocenters. The molecule has 0 bridgehead atoms. The van der Waals surface area contributed by atoms with Crippen LogP contribution in [0, 0.1) is 5.92 Å². The summed E-state index contributed by atoms with van der Waals surface area (Å²) in [7, 11) is 0. The minimum Gasteiger partial charge on any atom is -0.396 e. The van der Waals surface area contributed by atoms with Gasteiger partial charge in [0.1, 0.15) is 0 Å². The zero-order valence-corrected chi connectivity index (χ0v) is 10.7. The van der Waals surface area contributed by atoms with Gasteiger partial charge in [-0.1, -0.05) is 31.2 Å². The number of benzene rings is 1. The molecule has 17 heavy (non-hydrogen) atoms. The van der Waals surface area contributed by atoms with Crippen molar-refractivity contribution in [1.29, 1.82) is 0 Å². The van der Waals surface area contributed by atoms with Gasteiger partial charge >= 0.3 is 0 Å². The third-order valence-electron chi connectivity index (χ3n) is 3.52. The van der Waals surface area contributed by atoms with Crippen molar-refractivity contribution in [2.75, 3.05) is 19.7 Å². The van der Waals surface area contributed by atoms with Crippen LogP contribution in [0.15, 0.2) is 24.3 Å². The van der Waals surface area contributed by atoms with Crippen LogP contribution in [-0.2, 0) is 13.0 Å². The Kier molecular flexibility index (Phi) is 4.57. The second-order valence-corrected chi connectivity index (χ2v) is 5.29. The minimum atomic E-state index is 0.273. The van der Waals surface area contributed by atoms with Crippen LogP contribution in [0.1, 0.15) is 30.9 Å². The van der Waals surface area contributed by atoms with E-state index < -0.39 is 0 Å². The molecule has 0 amide bonds. The molecule has 1 aliphatic heterocycles. The fraction of sp³-hybridized carbons (Fsp3) is 0.600. The lowest BCUT2D eigenvalue weighted by atomic mass is 10.0. The van der Waals surface area contributed by atoms with Gasteiger partial charge in [-0.15, -0.1) is 0 Å². The van der Waals surface area contributed by atoms with Crippen LogP contribution in [-0.4, -0.2) is 29.7 Å². The van der Waals surface area contributed by atoms with E-state index in [2.05, 4.69) is 36.1 Å². The molecule has 1 saturated heterocycles. The van der Waals surface area contributed by atoms with E-state index >= 15 is 0 Å². The summed E-state index contributed by atoms with van der Waals surface area (Å²) in [5.74, 6) is 0.361. The zero-order valence-electron chi connectivity index (χ0n) is 10.7. The average molecular weight is 233 g/mol. The van der Waals surface area contributed by atoms with Crippen LogP contribution in [0.25, 0.3) is 0 Å². The highest BCUT2D eigenvalue weighted by Gasteiger charge is 2.11. The van der Waals surface area contributed by atoms with Crippen LogP contribution in [0.5, 0.6) is 0 Å². The molecule has 0 saturated carbocycles. The minimum absolute atomic E-state index is 0.273. The molecule has 1 aromatic rings. The standard InChI is InChI=1S/C15H23NO/c1-13(12-17)10-14-4-6-15(7-5-14)11-16-8-2-3-9-16/h4-7,13,17H,2-3,8-12H2,1H3/t13-/m1/s1. The molecule has 0 spiro atoms. The van der Waals surface area contributed by atoms with Gasteiger partial charge in [-0.05, 0) is 49.4 Å². The van der Waals surface area contributed by atoms with Gasteiger partial charge in [-0.2, -0.15) is 0 Å². The van der Waals surface area contributed by atoms with Crippen molar-refractivity contribution in [3.63, 3.8) is 0 Å². The topological polar surface area (TPSA) is 23.5 Å². The van der Waals surface area contributed by atoms with Gasteiger partial charge < -0.3 is 5.11 Å². The fourth-order valence-electron chi connectivity index (χ4n) is 2.45. The summed E-state index contributed by atoms with van der Waals surface area (Å²) in [5.41, 5.74) is 2.74. The summed E-state index contributed by atoms with van der Waals surface area (Å²) in [6.07, 6.45) is 3.68. The van der Waals surface area contributed by atoms with Crippen molar-refractivity contribution >= 4 is 0 Å². The molecule has 1 N–H and O–H groups in total. The van der Waals surface area contributed by atoms with Crippen LogP contribution >= 0.6 is 0 Å². The number of hydrogen-bond acceptors (Lipinski definition) is 2. The second-order valence-electron chi connectivity index (χ2n) is 5.29. The number of aliphatic hydroxyl groups excluding tert-OH is 1. The Balaban J connectivity index is 1.88. The van der Waals surface area contributed by atoms with E-state index in [1.807, 2.05) is 0 Å². The summed E-state index contributed by atoms with van der Waals surface area (Å²) in [6.45, 7) is 5.95. The molecule has 94 valence electrons. The van der Waals surface area contributed by atoms with E-state index in [4.69, 9.17) is 5.11 Å². The van der Waals surface area contributed by atoms with Crippen LogP contribution in [0.4, 0.5) is 0 Å². The maximum Gasteiger partial charge on any atom is 0.0459 e. The van der Waals surface area contributed by atoms with E-state index in [1.54, 1.807) is 0 Å². The van der Waals surface area contributed by atoms with E-state index in [0.29, 0.717) is 5.92 Å². The maximum absolute atomic E-state index is 9.03. The van der Waals surface area contributed by atoms with Crippen molar-refractivity contribution in [2.24, 2.45) is 5.92 Å². The molecule has 2 nitrogen and oxygen atoms in total. The second kappa shape index (κ2) is 6.18. The summed E-state index contributed by atoms with van der Waals surface area (Å²) < 4.78 is 0. The Hall–Kier alpha value is -0.860. The highest BCUT2D eigenvalue weighted by Crippen LogP contribution is 2.14. The van der Waals surface area contributed by atoms with Crippen molar-refractivity contribution in [3.05, 3.63) is 35.4 Å². The van der Waals surface area contributed by atoms with Gasteiger partial charge in [0.05, 0.1) is 0 Å². The molecule has 0 radical (unpaired) electrons. The number of likely N-dealkylation sites (tertiary alicyclic amines) is 1. The Morgan fingerprint density at radius 1 is 1.12 bits per heavy atom. The summed E-state index contributed by atoms with van der Waals surface area (Å²) >= 11 is 0. The van der Waals surface area contributed by atoms with Gasteiger partial charge in [0, 0.05) is 13.2 Å². The van der Waals surface area contributed by atoms with Gasteiger partial charge in [0.25, 0.3) is 0 Å². The average Bonchev–Trinajstić information content (AvgIpc) is 2.84. The first-order valence-corrected chi connectivity index (χ1v) is 6.69. The van der Waals surface area contributed by atoms with Crippen molar-refractivity contribution in [1.82, 2.24) is 4.90 Å². The number of aliphatic hydroxyl groups is 1. The van der Waals surface area contributed by atoms with Crippen molar-refractivity contribution in [3.8, 4) is 0 Å². The van der Waals surface area contributed by atoms with Crippen molar-refractivity contribution < 1.29 is 5.11 Å². The van der Waals surface area contributed by atoms with E-state index in [1.165, 1.54) is 37.1 Å². The summed E-state index contributed by atoms with van der Waals surface area (Å²) in [5, 5.41) is 9.03. The van der Waals surface area contributed by atoms with Crippen molar-refractivity contribution in [2.45, 2.75) is 32.7 Å². The molecule has 0 aliphatic carbocycles. The number of hydrogen-bond donors (Lipinski definition) is 1. The molecule has 2 heteroatoms. The Morgan fingerprint density at radius 2 is 1.71 bits per heavy atom. The first-order chi connectivity index (χ1) is 8.28. The summed E-state index contributed by atoms with van der Waals surface area (Å²) in [4.78, 5) is 2.52. The first kappa shape index (κ1) is 12.6. The molecule has 1 aromatic carbocycles. The van der Waals surface area contributed by atoms with Crippen LogP contribution in [0.2, 0.25) is 0 Å². The third-order valence-corrected chi connectivity index (χ3v) is 3.52. The lowest BCUT2D eigenvalue weighted by Gasteiger charge is -2.15. The largest absolute Gasteiger partial charge is 0.396 e. The van der Waals surface area contributed by atoms with Crippen LogP contribution < -0.4 is 0 Å². The maximum atomic E-state index is 9.03. The highest BCUT2D eigenvalue weighted by molar-refractivity contribution is 5.23. The molecule has 2 rings (SSSR count). The molecule has 1 fully saturated rings. The van der Waals surface area contributed by atoms with Gasteiger partial charge in [0.2, 0.25) is 0 Å². The predicted molar refractivity (Wildman–Crippen MR) is 70.9 cm³/mol. The van der Waals surface area contributed by atoms with E-state index in [0.717, 1.165) is 13.0 Å². The number of rotatable bonds is 5. The monoisotopic (exact) mass is 233 g/mol. The van der Waals surface area contributed by atoms with Crippen LogP contribution in [0.3, 0.4) is 0 Å². The SMILES string of the molecule is C[C@@H](CO)Cc1ccc(CN2CCCC2)cc1. The van der Waals surface area contributed by atoms with Gasteiger partial charge in [-0.3, -0.25) is 4.90 Å². The lowest BCUT2D eigenvalue weighted by Crippen LogP contribution is -2.18. The first-order valence-electron chi connectivity index (χ1n) is 6.69. The lowest BCUT2D eigenvalue weighted by molar-refractivity contribution is 0.237. The third kappa shape index (κ3) is 3.83. The Morgan fingerprint density at radius 3 is 2.29 bits per heavy atom. The number of nitrogens with zero attached hydrogens (tertiary/aromatic N) is 1. The smallest absolute Gasteiger partial charge is 0.0459 e. The normalized spacial score (nSPS) is 18.5. The predicted octanol–water partition coefficient (Wildman–Crippen LogP) is 2.45. The molecular formula is C15H23NO. The van der Waals surface area contributed by atoms with E-state index in [-0.39, 0.29) is 6.61 Å². The summed E-state index contributed by atoms with van der Waals surface area (Å²) in [6, 6.07) is 8.88. The van der Waals surface area contributed by atoms with Gasteiger partial charge in [-0.25, -0.2) is 0 Å².